The maximum absolute atomic E-state index is 12.9. The van der Waals surface area contributed by atoms with E-state index < -0.39 is 6.43 Å². The topological polar surface area (TPSA) is 0 Å². The molecule has 0 aliphatic heterocycles. The predicted octanol–water partition coefficient (Wildman–Crippen LogP) is 5.07. The summed E-state index contributed by atoms with van der Waals surface area (Å²) in [7, 11) is 0. The van der Waals surface area contributed by atoms with Crippen LogP contribution in [0.25, 0.3) is 10.8 Å². The third-order valence-corrected chi connectivity index (χ3v) is 2.94. The van der Waals surface area contributed by atoms with Gasteiger partial charge in [-0.1, -0.05) is 45.0 Å². The molecule has 0 spiro atoms. The van der Waals surface area contributed by atoms with Crippen LogP contribution < -0.4 is 0 Å². The molecule has 0 atom stereocenters. The normalized spacial score (nSPS) is 12.4. The lowest BCUT2D eigenvalue weighted by atomic mass is 9.82. The monoisotopic (exact) mass is 234 g/mol. The number of hydrogen-bond acceptors (Lipinski definition) is 0. The van der Waals surface area contributed by atoms with E-state index in [9.17, 15) is 8.78 Å². The van der Waals surface area contributed by atoms with E-state index in [0.29, 0.717) is 0 Å². The third kappa shape index (κ3) is 2.31. The van der Waals surface area contributed by atoms with Crippen LogP contribution >= 0.6 is 0 Å². The Hall–Kier alpha value is -1.44. The first-order valence-electron chi connectivity index (χ1n) is 5.71. The summed E-state index contributed by atoms with van der Waals surface area (Å²) in [6.07, 6.45) is -2.42. The van der Waals surface area contributed by atoms with E-state index in [1.165, 1.54) is 0 Å². The number of halogens is 2. The lowest BCUT2D eigenvalue weighted by molar-refractivity contribution is 0.151. The zero-order valence-electron chi connectivity index (χ0n) is 10.3. The molecule has 0 bridgehead atoms. The van der Waals surface area contributed by atoms with Gasteiger partial charge in [0, 0.05) is 5.56 Å². The van der Waals surface area contributed by atoms with Gasteiger partial charge in [-0.05, 0) is 33.9 Å². The van der Waals surface area contributed by atoms with Gasteiger partial charge in [0.25, 0.3) is 6.43 Å². The van der Waals surface area contributed by atoms with Crippen molar-refractivity contribution in [3.8, 4) is 0 Å². The SMILES string of the molecule is CC(C)(C)c1cc(C(F)F)cc2ccccc12. The molecule has 0 unspecified atom stereocenters. The zero-order valence-corrected chi connectivity index (χ0v) is 10.3. The lowest BCUT2D eigenvalue weighted by Crippen LogP contribution is -2.12. The van der Waals surface area contributed by atoms with E-state index >= 15 is 0 Å². The zero-order chi connectivity index (χ0) is 12.6. The molecule has 0 N–H and O–H groups in total. The standard InChI is InChI=1S/C15H16F2/c1-15(2,3)13-9-11(14(16)17)8-10-6-4-5-7-12(10)13/h4-9,14H,1-3H3. The summed E-state index contributed by atoms with van der Waals surface area (Å²) in [6, 6.07) is 10.9. The molecule has 2 heteroatoms. The van der Waals surface area contributed by atoms with Crippen LogP contribution in [0.15, 0.2) is 36.4 Å². The van der Waals surface area contributed by atoms with Crippen molar-refractivity contribution >= 4 is 10.8 Å². The average molecular weight is 234 g/mol. The molecular weight excluding hydrogens is 218 g/mol. The Labute approximate surface area is 100 Å². The van der Waals surface area contributed by atoms with Gasteiger partial charge in [0.2, 0.25) is 0 Å². The third-order valence-electron chi connectivity index (χ3n) is 2.94. The average Bonchev–Trinajstić information content (AvgIpc) is 2.26. The van der Waals surface area contributed by atoms with Crippen LogP contribution in [-0.2, 0) is 5.41 Å². The molecular formula is C15H16F2. The Morgan fingerprint density at radius 1 is 1.00 bits per heavy atom. The molecule has 2 aromatic carbocycles. The van der Waals surface area contributed by atoms with Crippen molar-refractivity contribution in [2.75, 3.05) is 0 Å². The van der Waals surface area contributed by atoms with Crippen LogP contribution in [0, 0.1) is 0 Å². The highest BCUT2D eigenvalue weighted by Crippen LogP contribution is 2.33. The van der Waals surface area contributed by atoms with Crippen LogP contribution in [0.2, 0.25) is 0 Å². The molecule has 0 fully saturated rings. The van der Waals surface area contributed by atoms with Gasteiger partial charge in [0.05, 0.1) is 0 Å². The summed E-state index contributed by atoms with van der Waals surface area (Å²) >= 11 is 0. The highest BCUT2D eigenvalue weighted by Gasteiger charge is 2.19. The molecule has 0 nitrogen and oxygen atoms in total. The molecule has 2 aromatic rings. The number of alkyl halides is 2. The molecule has 0 radical (unpaired) electrons. The van der Waals surface area contributed by atoms with Crippen molar-refractivity contribution in [1.82, 2.24) is 0 Å². The Kier molecular flexibility index (Phi) is 2.90. The molecule has 0 aliphatic rings. The van der Waals surface area contributed by atoms with Crippen molar-refractivity contribution in [2.45, 2.75) is 32.6 Å². The fourth-order valence-electron chi connectivity index (χ4n) is 2.08. The molecule has 90 valence electrons. The molecule has 0 heterocycles. The van der Waals surface area contributed by atoms with Gasteiger partial charge < -0.3 is 0 Å². The molecule has 0 aliphatic carbocycles. The number of fused-ring (bicyclic) bond motifs is 1. The minimum absolute atomic E-state index is 0.105. The van der Waals surface area contributed by atoms with Crippen molar-refractivity contribution in [3.63, 3.8) is 0 Å². The Morgan fingerprint density at radius 3 is 2.24 bits per heavy atom. The molecule has 0 saturated heterocycles. The maximum atomic E-state index is 12.9. The van der Waals surface area contributed by atoms with Crippen LogP contribution in [0.3, 0.4) is 0 Å². The number of rotatable bonds is 1. The van der Waals surface area contributed by atoms with Gasteiger partial charge in [0.15, 0.2) is 0 Å². The fraction of sp³-hybridized carbons (Fsp3) is 0.333. The quantitative estimate of drug-likeness (QED) is 0.645. The van der Waals surface area contributed by atoms with Crippen LogP contribution in [0.1, 0.15) is 38.3 Å². The molecule has 2 rings (SSSR count). The molecule has 0 aromatic heterocycles. The maximum Gasteiger partial charge on any atom is 0.263 e. The molecule has 0 saturated carbocycles. The number of benzene rings is 2. The van der Waals surface area contributed by atoms with E-state index in [4.69, 9.17) is 0 Å². The summed E-state index contributed by atoms with van der Waals surface area (Å²) < 4.78 is 25.7. The Balaban J connectivity index is 2.79. The van der Waals surface area contributed by atoms with Gasteiger partial charge in [-0.15, -0.1) is 0 Å². The minimum Gasteiger partial charge on any atom is -0.205 e. The highest BCUT2D eigenvalue weighted by molar-refractivity contribution is 5.87. The minimum atomic E-state index is -2.42. The van der Waals surface area contributed by atoms with E-state index in [2.05, 4.69) is 0 Å². The van der Waals surface area contributed by atoms with Gasteiger partial charge in [-0.3, -0.25) is 0 Å². The Morgan fingerprint density at radius 2 is 1.65 bits per heavy atom. The van der Waals surface area contributed by atoms with Crippen molar-refractivity contribution in [1.29, 1.82) is 0 Å². The highest BCUT2D eigenvalue weighted by atomic mass is 19.3. The predicted molar refractivity (Wildman–Crippen MR) is 67.6 cm³/mol. The summed E-state index contributed by atoms with van der Waals surface area (Å²) in [5, 5.41) is 1.94. The van der Waals surface area contributed by atoms with E-state index in [0.717, 1.165) is 16.3 Å². The summed E-state index contributed by atoms with van der Waals surface area (Å²) in [5.41, 5.74) is 0.948. The first kappa shape index (κ1) is 12.0. The van der Waals surface area contributed by atoms with Crippen LogP contribution in [-0.4, -0.2) is 0 Å². The lowest BCUT2D eigenvalue weighted by Gasteiger charge is -2.22. The fourth-order valence-corrected chi connectivity index (χ4v) is 2.08. The van der Waals surface area contributed by atoms with Crippen LogP contribution in [0.4, 0.5) is 8.78 Å². The summed E-state index contributed by atoms with van der Waals surface area (Å²) in [6.45, 7) is 6.14. The second-order valence-electron chi connectivity index (χ2n) is 5.34. The van der Waals surface area contributed by atoms with E-state index in [1.54, 1.807) is 12.1 Å². The smallest absolute Gasteiger partial charge is 0.205 e. The van der Waals surface area contributed by atoms with E-state index in [-0.39, 0.29) is 11.0 Å². The van der Waals surface area contributed by atoms with Crippen LogP contribution in [0.5, 0.6) is 0 Å². The first-order valence-corrected chi connectivity index (χ1v) is 5.71. The van der Waals surface area contributed by atoms with Crippen molar-refractivity contribution in [3.05, 3.63) is 47.5 Å². The van der Waals surface area contributed by atoms with Gasteiger partial charge in [0.1, 0.15) is 0 Å². The van der Waals surface area contributed by atoms with E-state index in [1.807, 2.05) is 45.0 Å². The second-order valence-corrected chi connectivity index (χ2v) is 5.34. The number of hydrogen-bond donors (Lipinski definition) is 0. The second kappa shape index (κ2) is 4.10. The van der Waals surface area contributed by atoms with Crippen molar-refractivity contribution in [2.24, 2.45) is 0 Å². The Bertz CT molecular complexity index is 536. The largest absolute Gasteiger partial charge is 0.263 e. The van der Waals surface area contributed by atoms with Gasteiger partial charge >= 0.3 is 0 Å². The summed E-state index contributed by atoms with van der Waals surface area (Å²) in [4.78, 5) is 0. The molecule has 17 heavy (non-hydrogen) atoms. The first-order chi connectivity index (χ1) is 7.89. The van der Waals surface area contributed by atoms with Gasteiger partial charge in [-0.2, -0.15) is 0 Å². The summed E-state index contributed by atoms with van der Waals surface area (Å²) in [5.74, 6) is 0. The molecule has 0 amide bonds. The van der Waals surface area contributed by atoms with Crippen molar-refractivity contribution < 1.29 is 8.78 Å². The van der Waals surface area contributed by atoms with Gasteiger partial charge in [-0.25, -0.2) is 8.78 Å².